The Hall–Kier alpha value is -5.58. The smallest absolute Gasteiger partial charge is 0.333 e. The molecule has 0 fully saturated rings. The number of nitrogens with zero attached hydrogens (tertiary/aromatic N) is 2. The predicted octanol–water partition coefficient (Wildman–Crippen LogP) is 13.0. The van der Waals surface area contributed by atoms with E-state index < -0.39 is 0 Å². The van der Waals surface area contributed by atoms with Gasteiger partial charge in [0.2, 0.25) is 0 Å². The third-order valence-electron chi connectivity index (χ3n) is 13.8. The van der Waals surface area contributed by atoms with Gasteiger partial charge in [-0.15, -0.1) is 11.3 Å². The van der Waals surface area contributed by atoms with Crippen LogP contribution in [-0.4, -0.2) is 6.85 Å². The Morgan fingerprint density at radius 3 is 2.07 bits per heavy atom. The average molecular weight is 739 g/mol. The van der Waals surface area contributed by atoms with Crippen molar-refractivity contribution >= 4 is 77.7 Å². The SMILES string of the molecule is CC(C)(C)c1ccc(N2B3c4cccc5c4N(c4ccccc4C5(C)C)c4cc5c(sc6ccccc65)c(c43)-c3ccc4c(c32)C(C)(C)c2ccccc2-4)cc1. The van der Waals surface area contributed by atoms with Gasteiger partial charge in [-0.1, -0.05) is 152 Å². The first-order valence-electron chi connectivity index (χ1n) is 20.1. The molecule has 3 aliphatic heterocycles. The third-order valence-corrected chi connectivity index (χ3v) is 15.0. The van der Waals surface area contributed by atoms with Gasteiger partial charge < -0.3 is 9.71 Å². The van der Waals surface area contributed by atoms with Crippen molar-refractivity contribution in [2.24, 2.45) is 0 Å². The van der Waals surface area contributed by atoms with Gasteiger partial charge in [-0.2, -0.15) is 0 Å². The lowest BCUT2D eigenvalue weighted by molar-refractivity contribution is 0.590. The molecule has 0 atom stereocenters. The van der Waals surface area contributed by atoms with E-state index in [-0.39, 0.29) is 23.1 Å². The van der Waals surface area contributed by atoms with E-state index in [9.17, 15) is 0 Å². The third kappa shape index (κ3) is 3.93. The molecular weight excluding hydrogens is 695 g/mol. The number of fused-ring (bicyclic) bond motifs is 14. The minimum atomic E-state index is -0.201. The van der Waals surface area contributed by atoms with Crippen molar-refractivity contribution < 1.29 is 0 Å². The van der Waals surface area contributed by atoms with Crippen molar-refractivity contribution in [1.82, 2.24) is 0 Å². The van der Waals surface area contributed by atoms with Crippen molar-refractivity contribution in [1.29, 1.82) is 0 Å². The van der Waals surface area contributed by atoms with Gasteiger partial charge in [-0.05, 0) is 85.6 Å². The zero-order valence-corrected chi connectivity index (χ0v) is 33.9. The molecule has 4 aliphatic rings. The Morgan fingerprint density at radius 2 is 1.27 bits per heavy atom. The molecule has 12 rings (SSSR count). The van der Waals surface area contributed by atoms with E-state index >= 15 is 0 Å². The highest BCUT2D eigenvalue weighted by Crippen LogP contribution is 2.61. The second-order valence-corrected chi connectivity index (χ2v) is 19.6. The molecule has 8 aromatic rings. The van der Waals surface area contributed by atoms with Crippen LogP contribution in [-0.2, 0) is 16.2 Å². The summed E-state index contributed by atoms with van der Waals surface area (Å²) in [6.45, 7) is 16.6. The number of benzene rings is 7. The van der Waals surface area contributed by atoms with E-state index in [0.29, 0.717) is 0 Å². The maximum absolute atomic E-state index is 2.76. The van der Waals surface area contributed by atoms with Crippen LogP contribution in [0.3, 0.4) is 0 Å². The maximum Gasteiger partial charge on any atom is 0.333 e. The van der Waals surface area contributed by atoms with Crippen LogP contribution in [0.5, 0.6) is 0 Å². The molecular formula is C52H43BN2S. The van der Waals surface area contributed by atoms with Gasteiger partial charge in [0.05, 0.1) is 5.69 Å². The average Bonchev–Trinajstić information content (AvgIpc) is 3.68. The zero-order valence-electron chi connectivity index (χ0n) is 33.1. The molecule has 0 spiro atoms. The van der Waals surface area contributed by atoms with Gasteiger partial charge in [0.15, 0.2) is 0 Å². The van der Waals surface area contributed by atoms with Gasteiger partial charge in [0, 0.05) is 64.9 Å². The van der Waals surface area contributed by atoms with Crippen LogP contribution in [0, 0.1) is 0 Å². The number of thiophene rings is 1. The van der Waals surface area contributed by atoms with Gasteiger partial charge in [0.25, 0.3) is 0 Å². The highest BCUT2D eigenvalue weighted by atomic mass is 32.1. The second-order valence-electron chi connectivity index (χ2n) is 18.5. The predicted molar refractivity (Wildman–Crippen MR) is 241 cm³/mol. The summed E-state index contributed by atoms with van der Waals surface area (Å²) in [5.41, 5.74) is 21.4. The molecule has 7 aromatic carbocycles. The summed E-state index contributed by atoms with van der Waals surface area (Å²) in [5, 5.41) is 2.68. The monoisotopic (exact) mass is 738 g/mol. The first-order valence-corrected chi connectivity index (χ1v) is 21.0. The Balaban J connectivity index is 1.29. The molecule has 0 saturated carbocycles. The molecule has 270 valence electrons. The number of rotatable bonds is 1. The summed E-state index contributed by atoms with van der Waals surface area (Å²) in [4.78, 5) is 5.41. The quantitative estimate of drug-likeness (QED) is 0.155. The van der Waals surface area contributed by atoms with E-state index in [2.05, 4.69) is 192 Å². The Labute approximate surface area is 334 Å². The highest BCUT2D eigenvalue weighted by Gasteiger charge is 2.52. The molecule has 0 saturated heterocycles. The topological polar surface area (TPSA) is 6.48 Å². The van der Waals surface area contributed by atoms with Crippen molar-refractivity contribution in [3.8, 4) is 22.3 Å². The van der Waals surface area contributed by atoms with Gasteiger partial charge >= 0.3 is 6.85 Å². The molecule has 56 heavy (non-hydrogen) atoms. The van der Waals surface area contributed by atoms with Crippen molar-refractivity contribution in [3.05, 3.63) is 161 Å². The normalized spacial score (nSPS) is 16.3. The summed E-state index contributed by atoms with van der Waals surface area (Å²) in [6.07, 6.45) is 0. The van der Waals surface area contributed by atoms with Crippen LogP contribution in [0.4, 0.5) is 28.4 Å². The number of anilines is 5. The van der Waals surface area contributed by atoms with Crippen LogP contribution in [0.1, 0.15) is 76.3 Å². The lowest BCUT2D eigenvalue weighted by Crippen LogP contribution is -2.62. The molecule has 4 heterocycles. The van der Waals surface area contributed by atoms with E-state index in [1.807, 2.05) is 11.3 Å². The van der Waals surface area contributed by atoms with Crippen LogP contribution < -0.4 is 20.6 Å². The van der Waals surface area contributed by atoms with Gasteiger partial charge in [0.1, 0.15) is 0 Å². The molecule has 0 N–H and O–H groups in total. The zero-order chi connectivity index (χ0) is 38.0. The lowest BCUT2D eigenvalue weighted by Gasteiger charge is -2.51. The molecule has 1 aromatic heterocycles. The van der Waals surface area contributed by atoms with Gasteiger partial charge in [-0.3, -0.25) is 0 Å². The number of hydrogen-bond acceptors (Lipinski definition) is 3. The summed E-state index contributed by atoms with van der Waals surface area (Å²) in [5.74, 6) is 0. The molecule has 0 amide bonds. The summed E-state index contributed by atoms with van der Waals surface area (Å²) >= 11 is 1.96. The minimum absolute atomic E-state index is 0.0409. The van der Waals surface area contributed by atoms with Crippen molar-refractivity contribution in [3.63, 3.8) is 0 Å². The lowest BCUT2D eigenvalue weighted by atomic mass is 9.42. The standard InChI is InChI=1S/C52H43BN2S/c1-50(2,3)30-23-25-31(26-24-30)55-47-35(28-27-34-32-15-8-10-17-37(32)52(6,7)45(34)47)44-46-42(29-36-33-16-9-13-22-43(33)56-49(36)44)54-41-21-12-11-18-38(41)51(4,5)39-19-14-20-40(48(39)54)53(46)55/h8-29H,1-7H3. The van der Waals surface area contributed by atoms with Crippen LogP contribution in [0.15, 0.2) is 133 Å². The van der Waals surface area contributed by atoms with E-state index in [1.165, 1.54) is 110 Å². The Morgan fingerprint density at radius 1 is 0.571 bits per heavy atom. The molecule has 0 bridgehead atoms. The van der Waals surface area contributed by atoms with Gasteiger partial charge in [-0.25, -0.2) is 0 Å². The number of para-hydroxylation sites is 2. The number of hydrogen-bond donors (Lipinski definition) is 0. The molecule has 0 radical (unpaired) electrons. The minimum Gasteiger partial charge on any atom is -0.376 e. The highest BCUT2D eigenvalue weighted by molar-refractivity contribution is 7.26. The van der Waals surface area contributed by atoms with Crippen LogP contribution in [0.2, 0.25) is 0 Å². The summed E-state index contributed by atoms with van der Waals surface area (Å²) < 4.78 is 2.73. The van der Waals surface area contributed by atoms with E-state index in [4.69, 9.17) is 0 Å². The van der Waals surface area contributed by atoms with Crippen LogP contribution in [0.25, 0.3) is 42.4 Å². The fourth-order valence-electron chi connectivity index (χ4n) is 11.1. The summed E-state index contributed by atoms with van der Waals surface area (Å²) in [6, 6.07) is 51.5. The summed E-state index contributed by atoms with van der Waals surface area (Å²) in [7, 11) is 0. The fraction of sp³-hybridized carbons (Fsp3) is 0.192. The molecule has 1 aliphatic carbocycles. The molecule has 2 nitrogen and oxygen atoms in total. The first kappa shape index (κ1) is 32.6. The molecule has 4 heteroatoms. The van der Waals surface area contributed by atoms with E-state index in [0.717, 1.165) is 0 Å². The first-order chi connectivity index (χ1) is 27.0. The van der Waals surface area contributed by atoms with Crippen molar-refractivity contribution in [2.45, 2.75) is 64.7 Å². The van der Waals surface area contributed by atoms with Crippen LogP contribution >= 0.6 is 11.3 Å². The largest absolute Gasteiger partial charge is 0.376 e. The van der Waals surface area contributed by atoms with Crippen molar-refractivity contribution in [2.75, 3.05) is 9.71 Å². The maximum atomic E-state index is 2.76. The Kier molecular flexibility index (Phi) is 6.20. The van der Waals surface area contributed by atoms with E-state index in [1.54, 1.807) is 0 Å². The second kappa shape index (κ2) is 10.6. The Bertz CT molecular complexity index is 3030. The fourth-order valence-corrected chi connectivity index (χ4v) is 12.3. The molecule has 0 unspecified atom stereocenters.